The second-order valence-corrected chi connectivity index (χ2v) is 8.40. The quantitative estimate of drug-likeness (QED) is 0.473. The molecular formula is C20H20Br2FNO3. The summed E-state index contributed by atoms with van der Waals surface area (Å²) in [5, 5.41) is 12.2. The summed E-state index contributed by atoms with van der Waals surface area (Å²) in [4.78, 5) is 10.7. The Morgan fingerprint density at radius 1 is 1.15 bits per heavy atom. The minimum Gasteiger partial charge on any atom is -0.487 e. The van der Waals surface area contributed by atoms with E-state index in [-0.39, 0.29) is 18.8 Å². The van der Waals surface area contributed by atoms with Crippen LogP contribution in [0.25, 0.3) is 0 Å². The second-order valence-electron chi connectivity index (χ2n) is 6.69. The number of nitrogens with one attached hydrogen (secondary N) is 1. The molecule has 27 heavy (non-hydrogen) atoms. The fourth-order valence-electron chi connectivity index (χ4n) is 2.91. The largest absolute Gasteiger partial charge is 0.487 e. The molecule has 0 spiro atoms. The summed E-state index contributed by atoms with van der Waals surface area (Å²) in [6.45, 7) is 0.225. The molecule has 0 amide bonds. The summed E-state index contributed by atoms with van der Waals surface area (Å²) in [5.74, 6) is -0.521. The van der Waals surface area contributed by atoms with E-state index in [1.807, 2.05) is 18.2 Å². The van der Waals surface area contributed by atoms with Gasteiger partial charge in [0.05, 0.1) is 8.95 Å². The lowest BCUT2D eigenvalue weighted by atomic mass is 9.93. The van der Waals surface area contributed by atoms with Gasteiger partial charge in [-0.3, -0.25) is 4.79 Å². The summed E-state index contributed by atoms with van der Waals surface area (Å²) in [6.07, 6.45) is 3.96. The third-order valence-corrected chi connectivity index (χ3v) is 5.68. The Morgan fingerprint density at radius 2 is 1.85 bits per heavy atom. The van der Waals surface area contributed by atoms with Crippen LogP contribution in [0.4, 0.5) is 10.1 Å². The molecule has 1 saturated carbocycles. The SMILES string of the molecule is O=C(O)CCc1cc(Br)c(OCc2cc(F)cc(NC3CCC3)c2)c(Br)c1. The van der Waals surface area contributed by atoms with Crippen LogP contribution in [-0.4, -0.2) is 17.1 Å². The lowest BCUT2D eigenvalue weighted by molar-refractivity contribution is -0.136. The van der Waals surface area contributed by atoms with Crippen molar-refractivity contribution in [1.82, 2.24) is 0 Å². The Hall–Kier alpha value is -1.60. The van der Waals surface area contributed by atoms with E-state index >= 15 is 0 Å². The van der Waals surface area contributed by atoms with Gasteiger partial charge in [-0.2, -0.15) is 0 Å². The number of carbonyl (C=O) groups is 1. The highest BCUT2D eigenvalue weighted by molar-refractivity contribution is 9.11. The first-order chi connectivity index (χ1) is 12.9. The standard InChI is InChI=1S/C20H20Br2FNO3/c21-17-8-12(4-5-19(25)26)9-18(22)20(17)27-11-13-6-14(23)10-16(7-13)24-15-2-1-3-15/h6-10,15,24H,1-5,11H2,(H,25,26). The molecule has 2 aromatic rings. The molecule has 3 rings (SSSR count). The molecule has 4 nitrogen and oxygen atoms in total. The average Bonchev–Trinajstić information content (AvgIpc) is 2.55. The van der Waals surface area contributed by atoms with E-state index in [0.717, 1.165) is 38.6 Å². The topological polar surface area (TPSA) is 58.6 Å². The van der Waals surface area contributed by atoms with E-state index in [2.05, 4.69) is 37.2 Å². The van der Waals surface area contributed by atoms with Crippen molar-refractivity contribution in [2.24, 2.45) is 0 Å². The number of halogens is 3. The molecule has 1 aliphatic carbocycles. The average molecular weight is 501 g/mol. The normalized spacial score (nSPS) is 13.9. The first-order valence-electron chi connectivity index (χ1n) is 8.79. The van der Waals surface area contributed by atoms with E-state index in [4.69, 9.17) is 9.84 Å². The maximum Gasteiger partial charge on any atom is 0.303 e. The van der Waals surface area contributed by atoms with Crippen molar-refractivity contribution < 1.29 is 19.0 Å². The molecule has 0 atom stereocenters. The third kappa shape index (κ3) is 5.69. The van der Waals surface area contributed by atoms with E-state index < -0.39 is 5.97 Å². The molecule has 1 aliphatic rings. The van der Waals surface area contributed by atoms with Gasteiger partial charge in [0.1, 0.15) is 18.2 Å². The number of carboxylic acids is 1. The van der Waals surface area contributed by atoms with Crippen molar-refractivity contribution in [1.29, 1.82) is 0 Å². The maximum absolute atomic E-state index is 13.9. The Labute approximate surface area is 174 Å². The van der Waals surface area contributed by atoms with Gasteiger partial charge in [0.25, 0.3) is 0 Å². The minimum absolute atomic E-state index is 0.0686. The van der Waals surface area contributed by atoms with Crippen molar-refractivity contribution in [3.05, 3.63) is 56.2 Å². The first-order valence-corrected chi connectivity index (χ1v) is 10.4. The van der Waals surface area contributed by atoms with E-state index in [0.29, 0.717) is 18.2 Å². The van der Waals surface area contributed by atoms with Gasteiger partial charge in [0, 0.05) is 18.2 Å². The van der Waals surface area contributed by atoms with Crippen LogP contribution in [0.3, 0.4) is 0 Å². The molecule has 0 aliphatic heterocycles. The second kappa shape index (κ2) is 9.06. The summed E-state index contributed by atoms with van der Waals surface area (Å²) < 4.78 is 21.3. The fraction of sp³-hybridized carbons (Fsp3) is 0.350. The number of aliphatic carboxylic acids is 1. The van der Waals surface area contributed by atoms with E-state index in [1.165, 1.54) is 18.6 Å². The fourth-order valence-corrected chi connectivity index (χ4v) is 4.42. The van der Waals surface area contributed by atoms with E-state index in [9.17, 15) is 9.18 Å². The zero-order valence-corrected chi connectivity index (χ0v) is 17.8. The molecule has 2 aromatic carbocycles. The van der Waals surface area contributed by atoms with Crippen molar-refractivity contribution in [3.63, 3.8) is 0 Å². The zero-order valence-electron chi connectivity index (χ0n) is 14.6. The Bertz CT molecular complexity index is 817. The van der Waals surface area contributed by atoms with Gasteiger partial charge in [-0.1, -0.05) is 0 Å². The van der Waals surface area contributed by atoms with E-state index in [1.54, 1.807) is 0 Å². The summed E-state index contributed by atoms with van der Waals surface area (Å²) in [6, 6.07) is 9.00. The van der Waals surface area contributed by atoms with Crippen LogP contribution in [0.1, 0.15) is 36.8 Å². The van der Waals surface area contributed by atoms with Crippen LogP contribution in [0.2, 0.25) is 0 Å². The Morgan fingerprint density at radius 3 is 2.44 bits per heavy atom. The molecular weight excluding hydrogens is 481 g/mol. The molecule has 0 unspecified atom stereocenters. The van der Waals surface area contributed by atoms with Crippen molar-refractivity contribution >= 4 is 43.5 Å². The lowest BCUT2D eigenvalue weighted by Crippen LogP contribution is -2.27. The van der Waals surface area contributed by atoms with Gasteiger partial charge in [0.2, 0.25) is 0 Å². The van der Waals surface area contributed by atoms with Gasteiger partial charge in [0.15, 0.2) is 0 Å². The molecule has 1 fully saturated rings. The highest BCUT2D eigenvalue weighted by Gasteiger charge is 2.17. The van der Waals surface area contributed by atoms with Crippen LogP contribution in [0.5, 0.6) is 5.75 Å². The number of hydrogen-bond donors (Lipinski definition) is 2. The highest BCUT2D eigenvalue weighted by Crippen LogP contribution is 2.36. The van der Waals surface area contributed by atoms with Crippen LogP contribution < -0.4 is 10.1 Å². The highest BCUT2D eigenvalue weighted by atomic mass is 79.9. The number of anilines is 1. The molecule has 0 heterocycles. The Balaban J connectivity index is 1.68. The Kier molecular flexibility index (Phi) is 6.76. The predicted octanol–water partition coefficient (Wildman–Crippen LogP) is 5.91. The molecule has 0 bridgehead atoms. The van der Waals surface area contributed by atoms with Gasteiger partial charge in [-0.15, -0.1) is 0 Å². The van der Waals surface area contributed by atoms with Gasteiger partial charge < -0.3 is 15.2 Å². The number of carboxylic acid groups (broad SMARTS) is 1. The summed E-state index contributed by atoms with van der Waals surface area (Å²) in [7, 11) is 0. The molecule has 144 valence electrons. The predicted molar refractivity (Wildman–Crippen MR) is 110 cm³/mol. The number of aryl methyl sites for hydroxylation is 1. The smallest absolute Gasteiger partial charge is 0.303 e. The number of hydrogen-bond acceptors (Lipinski definition) is 3. The van der Waals surface area contributed by atoms with Crippen molar-refractivity contribution in [2.75, 3.05) is 5.32 Å². The van der Waals surface area contributed by atoms with Crippen molar-refractivity contribution in [2.45, 2.75) is 44.8 Å². The molecule has 0 radical (unpaired) electrons. The van der Waals surface area contributed by atoms with Crippen LogP contribution in [0.15, 0.2) is 39.3 Å². The summed E-state index contributed by atoms with van der Waals surface area (Å²) >= 11 is 6.94. The van der Waals surface area contributed by atoms with Crippen LogP contribution in [0, 0.1) is 5.82 Å². The molecule has 0 saturated heterocycles. The minimum atomic E-state index is -0.833. The van der Waals surface area contributed by atoms with Gasteiger partial charge >= 0.3 is 5.97 Å². The third-order valence-electron chi connectivity index (χ3n) is 4.50. The van der Waals surface area contributed by atoms with Gasteiger partial charge in [-0.25, -0.2) is 4.39 Å². The molecule has 0 aromatic heterocycles. The lowest BCUT2D eigenvalue weighted by Gasteiger charge is -2.27. The number of rotatable bonds is 8. The number of ether oxygens (including phenoxy) is 1. The first kappa shape index (κ1) is 20.1. The van der Waals surface area contributed by atoms with Crippen LogP contribution >= 0.6 is 31.9 Å². The maximum atomic E-state index is 13.9. The molecule has 2 N–H and O–H groups in total. The van der Waals surface area contributed by atoms with Crippen molar-refractivity contribution in [3.8, 4) is 5.75 Å². The zero-order chi connectivity index (χ0) is 19.4. The van der Waals surface area contributed by atoms with Gasteiger partial charge in [-0.05, 0) is 99.0 Å². The monoisotopic (exact) mass is 499 g/mol. The van der Waals surface area contributed by atoms with Crippen LogP contribution in [-0.2, 0) is 17.8 Å². The molecule has 7 heteroatoms. The summed E-state index contributed by atoms with van der Waals surface area (Å²) in [5.41, 5.74) is 2.41. The number of benzene rings is 2.